The van der Waals surface area contributed by atoms with Crippen molar-refractivity contribution in [1.29, 1.82) is 0 Å². The molecule has 0 aliphatic heterocycles. The Balaban J connectivity index is 1.71. The van der Waals surface area contributed by atoms with Gasteiger partial charge in [-0.05, 0) is 40.1 Å². The summed E-state index contributed by atoms with van der Waals surface area (Å²) in [5, 5.41) is 5.89. The van der Waals surface area contributed by atoms with Gasteiger partial charge in [-0.1, -0.05) is 54.6 Å². The van der Waals surface area contributed by atoms with Crippen LogP contribution in [-0.4, -0.2) is 0 Å². The van der Waals surface area contributed by atoms with Gasteiger partial charge in [-0.3, -0.25) is 0 Å². The van der Waals surface area contributed by atoms with Crippen molar-refractivity contribution in [3.8, 4) is 0 Å². The summed E-state index contributed by atoms with van der Waals surface area (Å²) in [5.74, 6) is 0. The third-order valence-electron chi connectivity index (χ3n) is 4.17. The number of nitrogens with one attached hydrogen (secondary N) is 1. The van der Waals surface area contributed by atoms with Crippen LogP contribution in [0.2, 0.25) is 0 Å². The summed E-state index contributed by atoms with van der Waals surface area (Å²) in [5.41, 5.74) is 5.74. The first-order valence-corrected chi connectivity index (χ1v) is 8.21. The van der Waals surface area contributed by atoms with Gasteiger partial charge in [-0.15, -0.1) is 11.3 Å². The molecule has 21 heavy (non-hydrogen) atoms. The minimum Gasteiger partial charge on any atom is -0.301 e. The van der Waals surface area contributed by atoms with Gasteiger partial charge in [0.25, 0.3) is 0 Å². The molecule has 104 valence electrons. The van der Waals surface area contributed by atoms with Crippen LogP contribution in [0.15, 0.2) is 66.0 Å². The zero-order chi connectivity index (χ0) is 14.1. The fraction of sp³-hybridized carbons (Fsp3) is 0.158. The van der Waals surface area contributed by atoms with E-state index in [1.54, 1.807) is 0 Å². The topological polar surface area (TPSA) is 12.0 Å². The second kappa shape index (κ2) is 5.47. The number of thiophene rings is 1. The summed E-state index contributed by atoms with van der Waals surface area (Å²) in [6.07, 6.45) is 1.05. The van der Waals surface area contributed by atoms with Crippen molar-refractivity contribution in [1.82, 2.24) is 5.32 Å². The first kappa shape index (κ1) is 12.8. The molecule has 0 atom stereocenters. The molecule has 1 heterocycles. The summed E-state index contributed by atoms with van der Waals surface area (Å²) < 4.78 is 0. The quantitative estimate of drug-likeness (QED) is 0.747. The van der Waals surface area contributed by atoms with Gasteiger partial charge in [-0.2, -0.15) is 0 Å². The van der Waals surface area contributed by atoms with Crippen LogP contribution in [0.4, 0.5) is 0 Å². The number of fused-ring (bicyclic) bond motifs is 2. The fourth-order valence-corrected chi connectivity index (χ4v) is 3.82. The van der Waals surface area contributed by atoms with E-state index in [1.165, 1.54) is 27.1 Å². The molecule has 2 aromatic carbocycles. The van der Waals surface area contributed by atoms with Crippen LogP contribution in [0, 0.1) is 0 Å². The van der Waals surface area contributed by atoms with Crippen molar-refractivity contribution in [2.75, 3.05) is 0 Å². The van der Waals surface area contributed by atoms with Gasteiger partial charge in [-0.25, -0.2) is 0 Å². The maximum Gasteiger partial charge on any atom is 0.0585 e. The molecule has 0 radical (unpaired) electrons. The lowest BCUT2D eigenvalue weighted by molar-refractivity contribution is 0.592. The molecule has 2 heteroatoms. The van der Waals surface area contributed by atoms with E-state index >= 15 is 0 Å². The second-order valence-electron chi connectivity index (χ2n) is 5.47. The number of hydrogen-bond donors (Lipinski definition) is 1. The van der Waals surface area contributed by atoms with Crippen molar-refractivity contribution in [2.45, 2.75) is 19.0 Å². The van der Waals surface area contributed by atoms with Crippen LogP contribution >= 0.6 is 11.3 Å². The van der Waals surface area contributed by atoms with E-state index in [-0.39, 0.29) is 0 Å². The van der Waals surface area contributed by atoms with E-state index in [0.29, 0.717) is 6.04 Å². The molecule has 1 aromatic heterocycles. The first-order valence-electron chi connectivity index (χ1n) is 7.33. The average Bonchev–Trinajstić information content (AvgIpc) is 3.05. The van der Waals surface area contributed by atoms with E-state index < -0.39 is 0 Å². The summed E-state index contributed by atoms with van der Waals surface area (Å²) >= 11 is 1.81. The molecule has 1 N–H and O–H groups in total. The Morgan fingerprint density at radius 2 is 1.52 bits per heavy atom. The highest BCUT2D eigenvalue weighted by atomic mass is 32.1. The Kier molecular flexibility index (Phi) is 3.34. The molecule has 0 saturated heterocycles. The Hall–Kier alpha value is -1.90. The van der Waals surface area contributed by atoms with Gasteiger partial charge >= 0.3 is 0 Å². The minimum absolute atomic E-state index is 0.299. The van der Waals surface area contributed by atoms with E-state index in [2.05, 4.69) is 71.4 Å². The normalized spacial score (nSPS) is 13.7. The largest absolute Gasteiger partial charge is 0.301 e. The van der Waals surface area contributed by atoms with Crippen LogP contribution < -0.4 is 5.32 Å². The van der Waals surface area contributed by atoms with E-state index in [1.807, 2.05) is 11.3 Å². The smallest absolute Gasteiger partial charge is 0.0585 e. The van der Waals surface area contributed by atoms with Gasteiger partial charge in [0.2, 0.25) is 0 Å². The van der Waals surface area contributed by atoms with Crippen LogP contribution in [0.3, 0.4) is 0 Å². The molecule has 4 rings (SSSR count). The molecule has 0 fully saturated rings. The highest BCUT2D eigenvalue weighted by molar-refractivity contribution is 7.09. The van der Waals surface area contributed by atoms with Crippen molar-refractivity contribution in [3.05, 3.63) is 93.2 Å². The summed E-state index contributed by atoms with van der Waals surface area (Å²) in [7, 11) is 0. The van der Waals surface area contributed by atoms with Gasteiger partial charge in [0.15, 0.2) is 0 Å². The summed E-state index contributed by atoms with van der Waals surface area (Å²) in [6, 6.07) is 22.2. The monoisotopic (exact) mass is 291 g/mol. The Bertz CT molecular complexity index is 700. The number of rotatable bonds is 3. The highest BCUT2D eigenvalue weighted by Gasteiger charge is 2.24. The van der Waals surface area contributed by atoms with Crippen LogP contribution in [0.1, 0.15) is 33.2 Å². The lowest BCUT2D eigenvalue weighted by atomic mass is 9.82. The molecule has 0 unspecified atom stereocenters. The van der Waals surface area contributed by atoms with E-state index in [9.17, 15) is 0 Å². The zero-order valence-corrected chi connectivity index (χ0v) is 12.6. The SMILES string of the molecule is c1csc(CNC2c3ccccc3Cc3ccccc32)c1. The molecule has 3 aromatic rings. The van der Waals surface area contributed by atoms with E-state index in [4.69, 9.17) is 0 Å². The predicted octanol–water partition coefficient (Wildman–Crippen LogP) is 4.53. The zero-order valence-electron chi connectivity index (χ0n) is 11.8. The molecule has 1 aliphatic rings. The number of benzene rings is 2. The molecular weight excluding hydrogens is 274 g/mol. The van der Waals surface area contributed by atoms with Crippen LogP contribution in [0.5, 0.6) is 0 Å². The Labute approximate surface area is 129 Å². The molecule has 1 nitrogen and oxygen atoms in total. The van der Waals surface area contributed by atoms with Crippen molar-refractivity contribution in [3.63, 3.8) is 0 Å². The average molecular weight is 291 g/mol. The number of hydrogen-bond acceptors (Lipinski definition) is 2. The van der Waals surface area contributed by atoms with E-state index in [0.717, 1.165) is 13.0 Å². The molecule has 0 bridgehead atoms. The fourth-order valence-electron chi connectivity index (χ4n) is 3.16. The predicted molar refractivity (Wildman–Crippen MR) is 88.7 cm³/mol. The minimum atomic E-state index is 0.299. The summed E-state index contributed by atoms with van der Waals surface area (Å²) in [4.78, 5) is 1.38. The molecule has 1 aliphatic carbocycles. The molecular formula is C19H17NS. The van der Waals surface area contributed by atoms with Crippen molar-refractivity contribution < 1.29 is 0 Å². The maximum absolute atomic E-state index is 3.75. The standard InChI is InChI=1S/C19H17NS/c1-3-9-17-14(6-1)12-15-7-2-4-10-18(15)19(17)20-13-16-8-5-11-21-16/h1-11,19-20H,12-13H2. The first-order chi connectivity index (χ1) is 10.4. The highest BCUT2D eigenvalue weighted by Crippen LogP contribution is 2.34. The summed E-state index contributed by atoms with van der Waals surface area (Å²) in [6.45, 7) is 0.922. The van der Waals surface area contributed by atoms with Gasteiger partial charge in [0.1, 0.15) is 0 Å². The Morgan fingerprint density at radius 3 is 2.14 bits per heavy atom. The van der Waals surface area contributed by atoms with Crippen LogP contribution in [-0.2, 0) is 13.0 Å². The third-order valence-corrected chi connectivity index (χ3v) is 5.05. The lowest BCUT2D eigenvalue weighted by Crippen LogP contribution is -2.26. The lowest BCUT2D eigenvalue weighted by Gasteiger charge is -2.29. The van der Waals surface area contributed by atoms with Gasteiger partial charge in [0, 0.05) is 11.4 Å². The second-order valence-corrected chi connectivity index (χ2v) is 6.50. The van der Waals surface area contributed by atoms with Crippen LogP contribution in [0.25, 0.3) is 0 Å². The van der Waals surface area contributed by atoms with Crippen molar-refractivity contribution >= 4 is 11.3 Å². The van der Waals surface area contributed by atoms with Gasteiger partial charge < -0.3 is 5.32 Å². The molecule has 0 amide bonds. The maximum atomic E-state index is 3.75. The molecule has 0 spiro atoms. The van der Waals surface area contributed by atoms with Crippen molar-refractivity contribution in [2.24, 2.45) is 0 Å². The Morgan fingerprint density at radius 1 is 0.857 bits per heavy atom. The molecule has 0 saturated carbocycles. The third kappa shape index (κ3) is 2.41. The van der Waals surface area contributed by atoms with Gasteiger partial charge in [0.05, 0.1) is 6.04 Å².